The number of nitrogens with zero attached hydrogens (tertiary/aromatic N) is 4. The monoisotopic (exact) mass is 617 g/mol. The summed E-state index contributed by atoms with van der Waals surface area (Å²) < 4.78 is 11.6. The summed E-state index contributed by atoms with van der Waals surface area (Å²) in [7, 11) is 0. The molecule has 0 aliphatic carbocycles. The maximum Gasteiger partial charge on any atom is 0.370 e. The fourth-order valence-corrected chi connectivity index (χ4v) is 5.72. The smallest absolute Gasteiger partial charge is 0.370 e. The molecule has 0 saturated heterocycles. The molecule has 17 nitrogen and oxygen atoms in total. The third kappa shape index (κ3) is 5.32. The van der Waals surface area contributed by atoms with Crippen molar-refractivity contribution in [2.45, 2.75) is 51.2 Å². The zero-order chi connectivity index (χ0) is 32.0. The minimum Gasteiger partial charge on any atom is -0.480 e. The molecule has 0 amide bonds. The van der Waals surface area contributed by atoms with Gasteiger partial charge in [-0.05, 0) is 12.1 Å². The average Bonchev–Trinajstić information content (AvgIpc) is 3.62. The SMILES string of the molecule is O=C(O)Cn1c(CC(O)CO)cc2c1c1oc3c(cc1n2CC(=O)O)n(CC(=O)O)c1cc(CC(O)CO)[n+](CC(=O)O)c31. The van der Waals surface area contributed by atoms with E-state index in [0.29, 0.717) is 0 Å². The van der Waals surface area contributed by atoms with Crippen LogP contribution in [-0.4, -0.2) is 104 Å². The third-order valence-electron chi connectivity index (χ3n) is 7.35. The molecule has 0 aliphatic rings. The molecule has 5 aromatic heterocycles. The normalized spacial score (nSPS) is 13.4. The molecular formula is C27H29N4O13+. The van der Waals surface area contributed by atoms with Gasteiger partial charge in [0.1, 0.15) is 30.7 Å². The van der Waals surface area contributed by atoms with Crippen LogP contribution < -0.4 is 4.57 Å². The van der Waals surface area contributed by atoms with Crippen LogP contribution in [0.25, 0.3) is 44.3 Å². The second kappa shape index (κ2) is 11.6. The zero-order valence-electron chi connectivity index (χ0n) is 23.0. The first-order valence-corrected chi connectivity index (χ1v) is 13.3. The largest absolute Gasteiger partial charge is 0.480 e. The van der Waals surface area contributed by atoms with Crippen LogP contribution in [0.5, 0.6) is 0 Å². The average molecular weight is 618 g/mol. The number of hydrogen-bond acceptors (Lipinski definition) is 9. The van der Waals surface area contributed by atoms with E-state index < -0.39 is 75.5 Å². The van der Waals surface area contributed by atoms with Crippen molar-refractivity contribution < 1.29 is 69.0 Å². The van der Waals surface area contributed by atoms with E-state index in [1.165, 1.54) is 36.5 Å². The number of hydrogen-bond donors (Lipinski definition) is 8. The molecule has 8 N–H and O–H groups in total. The Hall–Kier alpha value is -4.97. The van der Waals surface area contributed by atoms with E-state index in [-0.39, 0.29) is 68.5 Å². The summed E-state index contributed by atoms with van der Waals surface area (Å²) in [6.07, 6.45) is -2.85. The summed E-state index contributed by atoms with van der Waals surface area (Å²) in [6, 6.07) is 4.42. The van der Waals surface area contributed by atoms with Crippen molar-refractivity contribution in [3.05, 3.63) is 29.6 Å². The molecule has 5 rings (SSSR count). The highest BCUT2D eigenvalue weighted by Crippen LogP contribution is 2.38. The first-order valence-electron chi connectivity index (χ1n) is 13.3. The van der Waals surface area contributed by atoms with Crippen molar-refractivity contribution in [2.24, 2.45) is 0 Å². The fourth-order valence-electron chi connectivity index (χ4n) is 5.72. The van der Waals surface area contributed by atoms with Crippen LogP contribution in [0.1, 0.15) is 11.4 Å². The van der Waals surface area contributed by atoms with E-state index in [1.54, 1.807) is 0 Å². The molecule has 2 atom stereocenters. The van der Waals surface area contributed by atoms with Gasteiger partial charge in [-0.3, -0.25) is 14.4 Å². The topological polar surface area (TPSA) is 262 Å². The van der Waals surface area contributed by atoms with Crippen LogP contribution in [-0.2, 0) is 58.2 Å². The molecule has 0 spiro atoms. The van der Waals surface area contributed by atoms with Crippen molar-refractivity contribution in [1.82, 2.24) is 13.7 Å². The Balaban J connectivity index is 1.94. The summed E-state index contributed by atoms with van der Waals surface area (Å²) in [5.74, 6) is -5.03. The van der Waals surface area contributed by atoms with Crippen LogP contribution in [0.4, 0.5) is 0 Å². The van der Waals surface area contributed by atoms with Gasteiger partial charge in [0.15, 0.2) is 11.3 Å². The van der Waals surface area contributed by atoms with Gasteiger partial charge in [-0.2, -0.15) is 4.57 Å². The van der Waals surface area contributed by atoms with E-state index in [2.05, 4.69) is 0 Å². The molecular weight excluding hydrogens is 588 g/mol. The Morgan fingerprint density at radius 2 is 1.23 bits per heavy atom. The van der Waals surface area contributed by atoms with Gasteiger partial charge in [0.05, 0.1) is 48.4 Å². The number of aromatic nitrogens is 4. The van der Waals surface area contributed by atoms with E-state index in [4.69, 9.17) is 4.42 Å². The molecule has 5 aromatic rings. The fraction of sp³-hybridized carbons (Fsp3) is 0.370. The molecule has 5 heterocycles. The van der Waals surface area contributed by atoms with Gasteiger partial charge in [0.2, 0.25) is 12.1 Å². The molecule has 0 radical (unpaired) electrons. The molecule has 0 saturated carbocycles. The standard InChI is InChI=1S/C27H28N4O13/c32-10-14(34)1-12-3-16-24(28(12)6-20(36)37)26-18(30(16)8-22(40)41)5-19-27(44-26)25-17(31(19)9-23(42)43)4-13(2-15(35)11-33)29(25)7-21(38)39/h3-5,14-15,32-35H,1-2,6-11H2,(H3-,36,37,38,39,40,41,42,43)/p+1. The maximum atomic E-state index is 11.9. The first kappa shape index (κ1) is 30.5. The predicted octanol–water partition coefficient (Wildman–Crippen LogP) is -1.29. The molecule has 234 valence electrons. The molecule has 0 aromatic carbocycles. The van der Waals surface area contributed by atoms with Crippen LogP contribution in [0.15, 0.2) is 22.6 Å². The van der Waals surface area contributed by atoms with Gasteiger partial charge in [-0.1, -0.05) is 0 Å². The first-order chi connectivity index (χ1) is 20.8. The van der Waals surface area contributed by atoms with Gasteiger partial charge in [0, 0.05) is 18.2 Å². The lowest BCUT2D eigenvalue weighted by atomic mass is 10.2. The number of aliphatic carboxylic acids is 4. The number of aliphatic hydroxyl groups is 4. The summed E-state index contributed by atoms with van der Waals surface area (Å²) in [6.45, 7) is -3.69. The lowest BCUT2D eigenvalue weighted by Crippen LogP contribution is -2.41. The maximum absolute atomic E-state index is 11.9. The highest BCUT2D eigenvalue weighted by molar-refractivity contribution is 6.10. The number of aliphatic hydroxyl groups excluding tert-OH is 4. The lowest BCUT2D eigenvalue weighted by molar-refractivity contribution is -0.665. The van der Waals surface area contributed by atoms with Crippen LogP contribution in [0, 0.1) is 0 Å². The molecule has 0 bridgehead atoms. The second-order valence-corrected chi connectivity index (χ2v) is 10.4. The van der Waals surface area contributed by atoms with E-state index in [0.717, 1.165) is 0 Å². The quantitative estimate of drug-likeness (QED) is 0.0676. The van der Waals surface area contributed by atoms with Crippen molar-refractivity contribution in [1.29, 1.82) is 0 Å². The van der Waals surface area contributed by atoms with E-state index in [9.17, 15) is 60.0 Å². The molecule has 17 heteroatoms. The summed E-state index contributed by atoms with van der Waals surface area (Å²) in [4.78, 5) is 47.6. The zero-order valence-corrected chi connectivity index (χ0v) is 23.0. The Kier molecular flexibility index (Phi) is 8.04. The van der Waals surface area contributed by atoms with Gasteiger partial charge in [0.25, 0.3) is 5.52 Å². The second-order valence-electron chi connectivity index (χ2n) is 10.4. The van der Waals surface area contributed by atoms with Crippen molar-refractivity contribution in [3.8, 4) is 0 Å². The summed E-state index contributed by atoms with van der Waals surface area (Å²) in [5, 5.41) is 77.8. The number of carboxylic acid groups (broad SMARTS) is 4. The van der Waals surface area contributed by atoms with Crippen LogP contribution >= 0.6 is 0 Å². The molecule has 2 unspecified atom stereocenters. The van der Waals surface area contributed by atoms with E-state index in [1.807, 2.05) is 0 Å². The van der Waals surface area contributed by atoms with Crippen molar-refractivity contribution in [2.75, 3.05) is 13.2 Å². The Morgan fingerprint density at radius 3 is 1.80 bits per heavy atom. The minimum absolute atomic E-state index is 0.00845. The third-order valence-corrected chi connectivity index (χ3v) is 7.35. The molecule has 0 fully saturated rings. The van der Waals surface area contributed by atoms with Gasteiger partial charge in [-0.15, -0.1) is 0 Å². The van der Waals surface area contributed by atoms with Crippen LogP contribution in [0.3, 0.4) is 0 Å². The lowest BCUT2D eigenvalue weighted by Gasteiger charge is -2.11. The Morgan fingerprint density at radius 1 is 0.682 bits per heavy atom. The number of rotatable bonds is 14. The summed E-state index contributed by atoms with van der Waals surface area (Å²) in [5.41, 5.74) is 1.65. The molecule has 0 aliphatic heterocycles. The number of carboxylic acids is 4. The number of fused-ring (bicyclic) bond motifs is 6. The highest BCUT2D eigenvalue weighted by Gasteiger charge is 2.33. The van der Waals surface area contributed by atoms with Crippen molar-refractivity contribution in [3.63, 3.8) is 0 Å². The Bertz CT molecular complexity index is 1820. The number of carbonyl (C=O) groups is 4. The van der Waals surface area contributed by atoms with Gasteiger partial charge < -0.3 is 59.0 Å². The summed E-state index contributed by atoms with van der Waals surface area (Å²) >= 11 is 0. The predicted molar refractivity (Wildman–Crippen MR) is 147 cm³/mol. The van der Waals surface area contributed by atoms with Crippen LogP contribution in [0.2, 0.25) is 0 Å². The van der Waals surface area contributed by atoms with Gasteiger partial charge in [-0.25, -0.2) is 4.79 Å². The minimum atomic E-state index is -1.26. The van der Waals surface area contributed by atoms with E-state index >= 15 is 0 Å². The molecule has 44 heavy (non-hydrogen) atoms. The van der Waals surface area contributed by atoms with Gasteiger partial charge >= 0.3 is 23.9 Å². The van der Waals surface area contributed by atoms with Crippen molar-refractivity contribution >= 4 is 68.1 Å². The Labute approximate surface area is 245 Å². The highest BCUT2D eigenvalue weighted by atomic mass is 16.4.